The van der Waals surface area contributed by atoms with E-state index in [0.29, 0.717) is 25.6 Å². The SMILES string of the molecule is CCCCN=C(N)NCCN(CC)C(=O)OC(C)(C)C.I. The molecular formula is C14H31IN4O2. The van der Waals surface area contributed by atoms with Crippen molar-refractivity contribution >= 4 is 36.0 Å². The van der Waals surface area contributed by atoms with Crippen molar-refractivity contribution in [3.8, 4) is 0 Å². The Kier molecular flexibility index (Phi) is 12.8. The van der Waals surface area contributed by atoms with Gasteiger partial charge in [-0.05, 0) is 34.1 Å². The number of carbonyl (C=O) groups excluding carboxylic acids is 1. The molecule has 21 heavy (non-hydrogen) atoms. The van der Waals surface area contributed by atoms with E-state index in [1.807, 2.05) is 27.7 Å². The van der Waals surface area contributed by atoms with Crippen molar-refractivity contribution in [1.29, 1.82) is 0 Å². The molecule has 0 unspecified atom stereocenters. The Morgan fingerprint density at radius 2 is 1.95 bits per heavy atom. The normalized spacial score (nSPS) is 11.6. The third kappa shape index (κ3) is 12.7. The molecule has 126 valence electrons. The summed E-state index contributed by atoms with van der Waals surface area (Å²) < 4.78 is 5.33. The number of guanidine groups is 1. The number of carbonyl (C=O) groups is 1. The Hall–Kier alpha value is -0.730. The number of likely N-dealkylation sites (N-methyl/N-ethyl adjacent to an activating group) is 1. The molecule has 0 aromatic rings. The van der Waals surface area contributed by atoms with E-state index in [4.69, 9.17) is 10.5 Å². The van der Waals surface area contributed by atoms with Crippen LogP contribution in [0.4, 0.5) is 4.79 Å². The molecule has 0 heterocycles. The van der Waals surface area contributed by atoms with E-state index in [1.165, 1.54) is 0 Å². The molecule has 0 fully saturated rings. The zero-order valence-corrected chi connectivity index (χ0v) is 16.3. The molecule has 0 aliphatic carbocycles. The maximum atomic E-state index is 11.9. The second kappa shape index (κ2) is 11.9. The molecule has 0 saturated carbocycles. The zero-order valence-electron chi connectivity index (χ0n) is 13.9. The fraction of sp³-hybridized carbons (Fsp3) is 0.857. The lowest BCUT2D eigenvalue weighted by molar-refractivity contribution is 0.0264. The molecule has 6 nitrogen and oxygen atoms in total. The van der Waals surface area contributed by atoms with Crippen molar-refractivity contribution in [2.75, 3.05) is 26.2 Å². The Bertz CT molecular complexity index is 317. The lowest BCUT2D eigenvalue weighted by atomic mass is 10.2. The number of nitrogens with one attached hydrogen (secondary N) is 1. The van der Waals surface area contributed by atoms with Crippen LogP contribution in [0.1, 0.15) is 47.5 Å². The topological polar surface area (TPSA) is 80.0 Å². The molecule has 1 amide bonds. The molecule has 0 aliphatic rings. The lowest BCUT2D eigenvalue weighted by Gasteiger charge is -2.26. The average Bonchev–Trinajstić information content (AvgIpc) is 2.32. The molecule has 0 radical (unpaired) electrons. The van der Waals surface area contributed by atoms with Crippen molar-refractivity contribution in [1.82, 2.24) is 10.2 Å². The van der Waals surface area contributed by atoms with E-state index < -0.39 is 5.60 Å². The van der Waals surface area contributed by atoms with Gasteiger partial charge in [0.15, 0.2) is 5.96 Å². The van der Waals surface area contributed by atoms with E-state index in [0.717, 1.165) is 19.4 Å². The second-order valence-corrected chi connectivity index (χ2v) is 5.61. The van der Waals surface area contributed by atoms with Gasteiger partial charge in [-0.25, -0.2) is 4.79 Å². The summed E-state index contributed by atoms with van der Waals surface area (Å²) >= 11 is 0. The van der Waals surface area contributed by atoms with Crippen LogP contribution in [0.2, 0.25) is 0 Å². The van der Waals surface area contributed by atoms with Crippen molar-refractivity contribution in [2.24, 2.45) is 10.7 Å². The first-order valence-electron chi connectivity index (χ1n) is 7.31. The van der Waals surface area contributed by atoms with Crippen LogP contribution in [-0.2, 0) is 4.74 Å². The first-order valence-corrected chi connectivity index (χ1v) is 7.31. The lowest BCUT2D eigenvalue weighted by Crippen LogP contribution is -2.42. The highest BCUT2D eigenvalue weighted by Gasteiger charge is 2.20. The summed E-state index contributed by atoms with van der Waals surface area (Å²) in [5.74, 6) is 0.429. The standard InChI is InChI=1S/C14H30N4O2.HI/c1-6-8-9-16-12(15)17-10-11-18(7-2)13(19)20-14(3,4)5;/h6-11H2,1-5H3,(H3,15,16,17);1H. The highest BCUT2D eigenvalue weighted by molar-refractivity contribution is 14.0. The molecule has 0 aromatic carbocycles. The van der Waals surface area contributed by atoms with Crippen LogP contribution in [0.15, 0.2) is 4.99 Å². The number of rotatable bonds is 7. The van der Waals surface area contributed by atoms with Gasteiger partial charge in [-0.2, -0.15) is 0 Å². The molecule has 7 heteroatoms. The van der Waals surface area contributed by atoms with Gasteiger partial charge in [-0.3, -0.25) is 4.99 Å². The van der Waals surface area contributed by atoms with Gasteiger partial charge >= 0.3 is 6.09 Å². The van der Waals surface area contributed by atoms with Crippen LogP contribution < -0.4 is 11.1 Å². The number of nitrogens with two attached hydrogens (primary N) is 1. The van der Waals surface area contributed by atoms with Crippen LogP contribution in [0, 0.1) is 0 Å². The maximum Gasteiger partial charge on any atom is 0.410 e. The van der Waals surface area contributed by atoms with Crippen LogP contribution in [0.5, 0.6) is 0 Å². The fourth-order valence-electron chi connectivity index (χ4n) is 1.44. The molecule has 0 saturated heterocycles. The number of halogens is 1. The summed E-state index contributed by atoms with van der Waals surface area (Å²) in [4.78, 5) is 17.7. The smallest absolute Gasteiger partial charge is 0.410 e. The Morgan fingerprint density at radius 3 is 2.43 bits per heavy atom. The summed E-state index contributed by atoms with van der Waals surface area (Å²) in [7, 11) is 0. The van der Waals surface area contributed by atoms with Gasteiger partial charge in [0.05, 0.1) is 0 Å². The number of hydrogen-bond acceptors (Lipinski definition) is 3. The van der Waals surface area contributed by atoms with E-state index in [2.05, 4.69) is 17.2 Å². The highest BCUT2D eigenvalue weighted by Crippen LogP contribution is 2.09. The monoisotopic (exact) mass is 414 g/mol. The van der Waals surface area contributed by atoms with Gasteiger partial charge in [0.1, 0.15) is 5.60 Å². The van der Waals surface area contributed by atoms with Crippen molar-refractivity contribution in [2.45, 2.75) is 53.1 Å². The summed E-state index contributed by atoms with van der Waals surface area (Å²) in [5.41, 5.74) is 5.25. The molecular weight excluding hydrogens is 383 g/mol. The van der Waals surface area contributed by atoms with E-state index in [9.17, 15) is 4.79 Å². The minimum Gasteiger partial charge on any atom is -0.444 e. The predicted molar refractivity (Wildman–Crippen MR) is 98.3 cm³/mol. The van der Waals surface area contributed by atoms with Crippen LogP contribution >= 0.6 is 24.0 Å². The number of aliphatic imine (C=N–C) groups is 1. The minimum absolute atomic E-state index is 0. The van der Waals surface area contributed by atoms with Gasteiger partial charge in [0, 0.05) is 26.2 Å². The van der Waals surface area contributed by atoms with Gasteiger partial charge in [-0.15, -0.1) is 24.0 Å². The Labute approximate surface area is 145 Å². The summed E-state index contributed by atoms with van der Waals surface area (Å²) in [6, 6.07) is 0. The van der Waals surface area contributed by atoms with Gasteiger partial charge in [-0.1, -0.05) is 13.3 Å². The first kappa shape index (κ1) is 22.5. The van der Waals surface area contributed by atoms with E-state index in [1.54, 1.807) is 4.90 Å². The third-order valence-corrected chi connectivity index (χ3v) is 2.52. The molecule has 0 bridgehead atoms. The number of nitrogens with zero attached hydrogens (tertiary/aromatic N) is 2. The zero-order chi connectivity index (χ0) is 15.6. The molecule has 0 aliphatic heterocycles. The second-order valence-electron chi connectivity index (χ2n) is 5.61. The highest BCUT2D eigenvalue weighted by atomic mass is 127. The third-order valence-electron chi connectivity index (χ3n) is 2.52. The van der Waals surface area contributed by atoms with Gasteiger partial charge < -0.3 is 20.7 Å². The van der Waals surface area contributed by atoms with Gasteiger partial charge in [0.25, 0.3) is 0 Å². The van der Waals surface area contributed by atoms with E-state index >= 15 is 0 Å². The molecule has 0 aromatic heterocycles. The molecule has 0 atom stereocenters. The maximum absolute atomic E-state index is 11.9. The van der Waals surface area contributed by atoms with Crippen molar-refractivity contribution < 1.29 is 9.53 Å². The summed E-state index contributed by atoms with van der Waals surface area (Å²) in [5, 5.41) is 3.00. The molecule has 3 N–H and O–H groups in total. The van der Waals surface area contributed by atoms with Crippen LogP contribution in [-0.4, -0.2) is 48.7 Å². The summed E-state index contributed by atoms with van der Waals surface area (Å²) in [6.45, 7) is 12.0. The molecule has 0 spiro atoms. The first-order chi connectivity index (χ1) is 9.30. The minimum atomic E-state index is -0.474. The molecule has 0 rings (SSSR count). The summed E-state index contributed by atoms with van der Waals surface area (Å²) in [6.07, 6.45) is 1.82. The average molecular weight is 414 g/mol. The Balaban J connectivity index is 0. The Morgan fingerprint density at radius 1 is 1.33 bits per heavy atom. The van der Waals surface area contributed by atoms with E-state index in [-0.39, 0.29) is 30.1 Å². The van der Waals surface area contributed by atoms with Crippen LogP contribution in [0.25, 0.3) is 0 Å². The van der Waals surface area contributed by atoms with Crippen molar-refractivity contribution in [3.05, 3.63) is 0 Å². The predicted octanol–water partition coefficient (Wildman–Crippen LogP) is 2.57. The van der Waals surface area contributed by atoms with Crippen molar-refractivity contribution in [3.63, 3.8) is 0 Å². The number of ether oxygens (including phenoxy) is 1. The largest absolute Gasteiger partial charge is 0.444 e. The fourth-order valence-corrected chi connectivity index (χ4v) is 1.44. The van der Waals surface area contributed by atoms with Crippen LogP contribution in [0.3, 0.4) is 0 Å². The van der Waals surface area contributed by atoms with Gasteiger partial charge in [0.2, 0.25) is 0 Å². The number of amides is 1. The number of unbranched alkanes of at least 4 members (excludes halogenated alkanes) is 1. The quantitative estimate of drug-likeness (QED) is 0.291. The number of hydrogen-bond donors (Lipinski definition) is 2.